The zero-order valence-electron chi connectivity index (χ0n) is 11.9. The third kappa shape index (κ3) is 3.23. The predicted octanol–water partition coefficient (Wildman–Crippen LogP) is 4.49. The second-order valence-electron chi connectivity index (χ2n) is 5.17. The van der Waals surface area contributed by atoms with Crippen LogP contribution in [0, 0.1) is 6.92 Å². The highest BCUT2D eigenvalue weighted by molar-refractivity contribution is 6.30. The van der Waals surface area contributed by atoms with E-state index in [2.05, 4.69) is 47.6 Å². The summed E-state index contributed by atoms with van der Waals surface area (Å²) in [4.78, 5) is 4.48. The van der Waals surface area contributed by atoms with Crippen molar-refractivity contribution >= 4 is 22.5 Å². The molecule has 0 aliphatic heterocycles. The molecule has 2 aromatic carbocycles. The Morgan fingerprint density at radius 1 is 1.00 bits per heavy atom. The molecule has 0 saturated heterocycles. The molecule has 1 N–H and O–H groups in total. The van der Waals surface area contributed by atoms with Gasteiger partial charge in [0.1, 0.15) is 0 Å². The minimum Gasteiger partial charge on any atom is -0.309 e. The first-order valence-corrected chi connectivity index (χ1v) is 7.40. The number of fused-ring (bicyclic) bond motifs is 1. The fourth-order valence-corrected chi connectivity index (χ4v) is 2.73. The van der Waals surface area contributed by atoms with E-state index in [9.17, 15) is 0 Å². The fourth-order valence-electron chi connectivity index (χ4n) is 2.50. The van der Waals surface area contributed by atoms with E-state index in [-0.39, 0.29) is 0 Å². The Bertz CT molecular complexity index is 763. The van der Waals surface area contributed by atoms with E-state index in [1.165, 1.54) is 22.1 Å². The molecule has 0 aliphatic carbocycles. The van der Waals surface area contributed by atoms with Crippen molar-refractivity contribution in [3.63, 3.8) is 0 Å². The molecule has 1 aromatic heterocycles. The number of nitrogens with zero attached hydrogens (tertiary/aromatic N) is 1. The molecule has 0 unspecified atom stereocenters. The first-order chi connectivity index (χ1) is 10.2. The standard InChI is InChI=1S/C18H17ClN2/c1-13-10-17(19)8-7-15(13)11-20-12-16-5-2-4-14-6-3-9-21-18(14)16/h2-10,20H,11-12H2,1H3. The van der Waals surface area contributed by atoms with Gasteiger partial charge in [0.2, 0.25) is 0 Å². The van der Waals surface area contributed by atoms with Gasteiger partial charge >= 0.3 is 0 Å². The van der Waals surface area contributed by atoms with Gasteiger partial charge in [0.15, 0.2) is 0 Å². The summed E-state index contributed by atoms with van der Waals surface area (Å²) in [6.07, 6.45) is 1.84. The third-order valence-electron chi connectivity index (χ3n) is 3.65. The van der Waals surface area contributed by atoms with Gasteiger partial charge in [-0.2, -0.15) is 0 Å². The van der Waals surface area contributed by atoms with Gasteiger partial charge in [0.25, 0.3) is 0 Å². The molecule has 0 saturated carbocycles. The van der Waals surface area contributed by atoms with Gasteiger partial charge < -0.3 is 5.32 Å². The van der Waals surface area contributed by atoms with Crippen molar-refractivity contribution < 1.29 is 0 Å². The van der Waals surface area contributed by atoms with Crippen LogP contribution in [0.15, 0.2) is 54.7 Å². The first-order valence-electron chi connectivity index (χ1n) is 7.02. The van der Waals surface area contributed by atoms with Crippen molar-refractivity contribution in [1.29, 1.82) is 0 Å². The number of halogens is 1. The summed E-state index contributed by atoms with van der Waals surface area (Å²) >= 11 is 5.98. The van der Waals surface area contributed by atoms with Crippen LogP contribution in [0.2, 0.25) is 5.02 Å². The monoisotopic (exact) mass is 296 g/mol. The number of hydrogen-bond acceptors (Lipinski definition) is 2. The van der Waals surface area contributed by atoms with Gasteiger partial charge in [-0.15, -0.1) is 0 Å². The fraction of sp³-hybridized carbons (Fsp3) is 0.167. The molecule has 0 atom stereocenters. The average molecular weight is 297 g/mol. The third-order valence-corrected chi connectivity index (χ3v) is 3.89. The predicted molar refractivity (Wildman–Crippen MR) is 88.5 cm³/mol. The molecular weight excluding hydrogens is 280 g/mol. The molecule has 21 heavy (non-hydrogen) atoms. The second-order valence-corrected chi connectivity index (χ2v) is 5.60. The Kier molecular flexibility index (Phi) is 4.18. The molecular formula is C18H17ClN2. The highest BCUT2D eigenvalue weighted by atomic mass is 35.5. The van der Waals surface area contributed by atoms with E-state index < -0.39 is 0 Å². The van der Waals surface area contributed by atoms with E-state index in [1.54, 1.807) is 0 Å². The average Bonchev–Trinajstić information content (AvgIpc) is 2.50. The lowest BCUT2D eigenvalue weighted by molar-refractivity contribution is 0.693. The quantitative estimate of drug-likeness (QED) is 0.767. The largest absolute Gasteiger partial charge is 0.309 e. The zero-order chi connectivity index (χ0) is 14.7. The van der Waals surface area contributed by atoms with Crippen LogP contribution in [0.3, 0.4) is 0 Å². The van der Waals surface area contributed by atoms with E-state index in [0.717, 1.165) is 23.6 Å². The lowest BCUT2D eigenvalue weighted by atomic mass is 10.1. The van der Waals surface area contributed by atoms with E-state index in [0.29, 0.717) is 0 Å². The van der Waals surface area contributed by atoms with E-state index >= 15 is 0 Å². The molecule has 1 heterocycles. The number of rotatable bonds is 4. The maximum Gasteiger partial charge on any atom is 0.0746 e. The highest BCUT2D eigenvalue weighted by Crippen LogP contribution is 2.17. The number of hydrogen-bond donors (Lipinski definition) is 1. The van der Waals surface area contributed by atoms with Crippen molar-refractivity contribution in [2.24, 2.45) is 0 Å². The number of pyridine rings is 1. The van der Waals surface area contributed by atoms with Crippen LogP contribution < -0.4 is 5.32 Å². The van der Waals surface area contributed by atoms with Crippen molar-refractivity contribution in [2.45, 2.75) is 20.0 Å². The minimum absolute atomic E-state index is 0.787. The summed E-state index contributed by atoms with van der Waals surface area (Å²) in [6.45, 7) is 3.71. The van der Waals surface area contributed by atoms with Crippen molar-refractivity contribution in [3.05, 3.63) is 76.4 Å². The normalized spacial score (nSPS) is 11.0. The Labute approximate surface area is 129 Å². The molecule has 0 amide bonds. The summed E-state index contributed by atoms with van der Waals surface area (Å²) in [5.41, 5.74) is 4.78. The summed E-state index contributed by atoms with van der Waals surface area (Å²) < 4.78 is 0. The van der Waals surface area contributed by atoms with Crippen LogP contribution in [0.5, 0.6) is 0 Å². The molecule has 3 heteroatoms. The van der Waals surface area contributed by atoms with Gasteiger partial charge in [0, 0.05) is 29.7 Å². The van der Waals surface area contributed by atoms with Crippen LogP contribution in [0.4, 0.5) is 0 Å². The maximum atomic E-state index is 5.98. The molecule has 0 radical (unpaired) electrons. The van der Waals surface area contributed by atoms with Gasteiger partial charge in [-0.3, -0.25) is 4.98 Å². The van der Waals surface area contributed by atoms with Gasteiger partial charge in [-0.25, -0.2) is 0 Å². The van der Waals surface area contributed by atoms with E-state index in [4.69, 9.17) is 11.6 Å². The Morgan fingerprint density at radius 3 is 2.67 bits per heavy atom. The molecule has 0 aliphatic rings. The molecule has 0 spiro atoms. The number of aromatic nitrogens is 1. The lowest BCUT2D eigenvalue weighted by Gasteiger charge is -2.10. The molecule has 0 bridgehead atoms. The maximum absolute atomic E-state index is 5.98. The lowest BCUT2D eigenvalue weighted by Crippen LogP contribution is -2.14. The topological polar surface area (TPSA) is 24.9 Å². The van der Waals surface area contributed by atoms with Crippen LogP contribution in [-0.4, -0.2) is 4.98 Å². The molecule has 3 aromatic rings. The smallest absolute Gasteiger partial charge is 0.0746 e. The number of aryl methyl sites for hydroxylation is 1. The van der Waals surface area contributed by atoms with Gasteiger partial charge in [-0.1, -0.05) is 41.9 Å². The van der Waals surface area contributed by atoms with Gasteiger partial charge in [0.05, 0.1) is 5.52 Å². The Hall–Kier alpha value is -1.90. The number of nitrogens with one attached hydrogen (secondary N) is 1. The van der Waals surface area contributed by atoms with Crippen LogP contribution in [0.1, 0.15) is 16.7 Å². The Morgan fingerprint density at radius 2 is 1.81 bits per heavy atom. The molecule has 3 rings (SSSR count). The second kappa shape index (κ2) is 6.25. The van der Waals surface area contributed by atoms with Crippen LogP contribution in [-0.2, 0) is 13.1 Å². The SMILES string of the molecule is Cc1cc(Cl)ccc1CNCc1cccc2cccnc12. The summed E-state index contributed by atoms with van der Waals surface area (Å²) in [5, 5.41) is 5.45. The van der Waals surface area contributed by atoms with Crippen molar-refractivity contribution in [3.8, 4) is 0 Å². The summed E-state index contributed by atoms with van der Waals surface area (Å²) in [7, 11) is 0. The summed E-state index contributed by atoms with van der Waals surface area (Å²) in [5.74, 6) is 0. The number of benzene rings is 2. The Balaban J connectivity index is 1.72. The van der Waals surface area contributed by atoms with Crippen molar-refractivity contribution in [2.75, 3.05) is 0 Å². The minimum atomic E-state index is 0.787. The van der Waals surface area contributed by atoms with Gasteiger partial charge in [-0.05, 0) is 41.8 Å². The molecule has 2 nitrogen and oxygen atoms in total. The zero-order valence-corrected chi connectivity index (χ0v) is 12.7. The molecule has 0 fully saturated rings. The van der Waals surface area contributed by atoms with Crippen molar-refractivity contribution in [1.82, 2.24) is 10.3 Å². The molecule has 106 valence electrons. The number of para-hydroxylation sites is 1. The summed E-state index contributed by atoms with van der Waals surface area (Å²) in [6, 6.07) is 16.4. The van der Waals surface area contributed by atoms with Crippen LogP contribution >= 0.6 is 11.6 Å². The first kappa shape index (κ1) is 14.1. The van der Waals surface area contributed by atoms with E-state index in [1.807, 2.05) is 24.4 Å². The van der Waals surface area contributed by atoms with Crippen LogP contribution in [0.25, 0.3) is 10.9 Å². The highest BCUT2D eigenvalue weighted by Gasteiger charge is 2.03.